The van der Waals surface area contributed by atoms with Crippen LogP contribution in [0.5, 0.6) is 5.75 Å². The van der Waals surface area contributed by atoms with Gasteiger partial charge in [0.15, 0.2) is 0 Å². The summed E-state index contributed by atoms with van der Waals surface area (Å²) in [4.78, 5) is 0. The van der Waals surface area contributed by atoms with Crippen LogP contribution in [0.2, 0.25) is 0 Å². The lowest BCUT2D eigenvalue weighted by Crippen LogP contribution is -2.17. The number of aliphatic hydroxyl groups is 2. The molecule has 5 nitrogen and oxygen atoms in total. The van der Waals surface area contributed by atoms with Crippen LogP contribution in [0.4, 0.5) is 13.2 Å². The van der Waals surface area contributed by atoms with Crippen molar-refractivity contribution >= 4 is 0 Å². The topological polar surface area (TPSA) is 67.5 Å². The van der Waals surface area contributed by atoms with E-state index in [4.69, 9.17) is 10.2 Å². The molecule has 1 aromatic carbocycles. The lowest BCUT2D eigenvalue weighted by molar-refractivity contribution is -0.274. The van der Waals surface area contributed by atoms with Gasteiger partial charge in [-0.05, 0) is 37.3 Å². The van der Waals surface area contributed by atoms with E-state index in [0.717, 1.165) is 5.69 Å². The molecule has 0 bridgehead atoms. The fraction of sp³-hybridized carbons (Fsp3) is 0.438. The summed E-state index contributed by atoms with van der Waals surface area (Å²) in [5.41, 5.74) is 1.79. The monoisotopic (exact) mass is 346 g/mol. The summed E-state index contributed by atoms with van der Waals surface area (Å²) < 4.78 is 41.7. The maximum absolute atomic E-state index is 12.1. The third-order valence-corrected chi connectivity index (χ3v) is 3.08. The number of hydrogen-bond acceptors (Lipinski definition) is 4. The Morgan fingerprint density at radius 2 is 1.67 bits per heavy atom. The van der Waals surface area contributed by atoms with Gasteiger partial charge in [-0.1, -0.05) is 13.8 Å². The minimum atomic E-state index is -4.73. The third-order valence-electron chi connectivity index (χ3n) is 3.08. The smallest absolute Gasteiger partial charge is 0.406 e. The van der Waals surface area contributed by atoms with Crippen LogP contribution >= 0.6 is 0 Å². The SMILES string of the molecule is CC.Cc1cc(C(CO)CO)nn1-c1ccc(OC(F)(F)F)cc1. The van der Waals surface area contributed by atoms with Gasteiger partial charge in [-0.2, -0.15) is 5.10 Å². The van der Waals surface area contributed by atoms with Gasteiger partial charge in [0.05, 0.1) is 24.6 Å². The van der Waals surface area contributed by atoms with Gasteiger partial charge in [-0.25, -0.2) is 4.68 Å². The van der Waals surface area contributed by atoms with Gasteiger partial charge in [0.25, 0.3) is 0 Å². The van der Waals surface area contributed by atoms with E-state index in [1.54, 1.807) is 13.0 Å². The van der Waals surface area contributed by atoms with Crippen LogP contribution < -0.4 is 4.74 Å². The van der Waals surface area contributed by atoms with Crippen molar-refractivity contribution in [1.29, 1.82) is 0 Å². The van der Waals surface area contributed by atoms with Crippen LogP contribution in [0, 0.1) is 6.92 Å². The summed E-state index contributed by atoms with van der Waals surface area (Å²) in [5.74, 6) is -0.808. The zero-order chi connectivity index (χ0) is 18.3. The molecule has 2 rings (SSSR count). The molecule has 0 aliphatic carbocycles. The predicted octanol–water partition coefficient (Wildman–Crippen LogP) is 3.17. The van der Waals surface area contributed by atoms with Crippen molar-refractivity contribution in [2.24, 2.45) is 0 Å². The van der Waals surface area contributed by atoms with Crippen molar-refractivity contribution in [2.75, 3.05) is 13.2 Å². The number of nitrogens with zero attached hydrogens (tertiary/aromatic N) is 2. The van der Waals surface area contributed by atoms with E-state index >= 15 is 0 Å². The van der Waals surface area contributed by atoms with E-state index in [-0.39, 0.29) is 19.0 Å². The van der Waals surface area contributed by atoms with Gasteiger partial charge >= 0.3 is 6.36 Å². The predicted molar refractivity (Wildman–Crippen MR) is 83.2 cm³/mol. The molecule has 2 aromatic rings. The first kappa shape index (κ1) is 20.0. The molecule has 0 radical (unpaired) electrons. The molecule has 2 N–H and O–H groups in total. The highest BCUT2D eigenvalue weighted by Crippen LogP contribution is 2.24. The Bertz CT molecular complexity index is 620. The molecular formula is C16H21F3N2O3. The van der Waals surface area contributed by atoms with Crippen molar-refractivity contribution in [3.05, 3.63) is 41.7 Å². The molecule has 0 aliphatic heterocycles. The Morgan fingerprint density at radius 1 is 1.12 bits per heavy atom. The van der Waals surface area contributed by atoms with Crippen LogP contribution in [0.15, 0.2) is 30.3 Å². The van der Waals surface area contributed by atoms with Crippen molar-refractivity contribution in [2.45, 2.75) is 33.1 Å². The first-order valence-corrected chi connectivity index (χ1v) is 7.48. The van der Waals surface area contributed by atoms with Crippen molar-refractivity contribution < 1.29 is 28.1 Å². The Hall–Kier alpha value is -2.06. The number of hydrogen-bond donors (Lipinski definition) is 2. The minimum Gasteiger partial charge on any atom is -0.406 e. The highest BCUT2D eigenvalue weighted by atomic mass is 19.4. The molecule has 0 fully saturated rings. The van der Waals surface area contributed by atoms with Gasteiger partial charge < -0.3 is 14.9 Å². The second-order valence-corrected chi connectivity index (χ2v) is 4.73. The number of aliphatic hydroxyl groups excluding tert-OH is 2. The van der Waals surface area contributed by atoms with Crippen molar-refractivity contribution in [3.63, 3.8) is 0 Å². The largest absolute Gasteiger partial charge is 0.573 e. The molecule has 0 saturated carbocycles. The highest BCUT2D eigenvalue weighted by molar-refractivity contribution is 5.38. The zero-order valence-electron chi connectivity index (χ0n) is 13.7. The molecule has 1 heterocycles. The molecule has 0 amide bonds. The van der Waals surface area contributed by atoms with E-state index in [1.165, 1.54) is 28.9 Å². The molecule has 8 heteroatoms. The lowest BCUT2D eigenvalue weighted by Gasteiger charge is -2.10. The molecule has 24 heavy (non-hydrogen) atoms. The maximum atomic E-state index is 12.1. The third kappa shape index (κ3) is 5.24. The quantitative estimate of drug-likeness (QED) is 0.873. The number of aromatic nitrogens is 2. The number of halogens is 3. The van der Waals surface area contributed by atoms with Crippen LogP contribution in [-0.2, 0) is 0 Å². The van der Waals surface area contributed by atoms with Crippen LogP contribution in [0.3, 0.4) is 0 Å². The van der Waals surface area contributed by atoms with E-state index in [0.29, 0.717) is 11.4 Å². The average molecular weight is 346 g/mol. The van der Waals surface area contributed by atoms with Gasteiger partial charge in [0.1, 0.15) is 5.75 Å². The molecule has 134 valence electrons. The minimum absolute atomic E-state index is 0.245. The van der Waals surface area contributed by atoms with Crippen molar-refractivity contribution in [1.82, 2.24) is 9.78 Å². The summed E-state index contributed by atoms with van der Waals surface area (Å²) in [6.07, 6.45) is -4.73. The number of benzene rings is 1. The molecule has 0 aliphatic rings. The van der Waals surface area contributed by atoms with E-state index < -0.39 is 12.3 Å². The van der Waals surface area contributed by atoms with Crippen molar-refractivity contribution in [3.8, 4) is 11.4 Å². The Kier molecular flexibility index (Phi) is 7.24. The lowest BCUT2D eigenvalue weighted by atomic mass is 10.1. The normalized spacial score (nSPS) is 11.2. The Labute approximate surface area is 138 Å². The number of aryl methyl sites for hydroxylation is 1. The first-order valence-electron chi connectivity index (χ1n) is 7.48. The summed E-state index contributed by atoms with van der Waals surface area (Å²) in [7, 11) is 0. The second-order valence-electron chi connectivity index (χ2n) is 4.73. The molecule has 0 atom stereocenters. The molecule has 0 spiro atoms. The van der Waals surface area contributed by atoms with Gasteiger partial charge in [-0.3, -0.25) is 0 Å². The highest BCUT2D eigenvalue weighted by Gasteiger charge is 2.31. The van der Waals surface area contributed by atoms with Crippen LogP contribution in [0.1, 0.15) is 31.2 Å². The summed E-state index contributed by atoms with van der Waals surface area (Å²) in [6.45, 7) is 5.28. The van der Waals surface area contributed by atoms with Gasteiger partial charge in [-0.15, -0.1) is 13.2 Å². The fourth-order valence-corrected chi connectivity index (χ4v) is 1.99. The number of alkyl halides is 3. The summed E-state index contributed by atoms with van der Waals surface area (Å²) in [6, 6.07) is 6.98. The molecule has 0 unspecified atom stereocenters. The second kappa shape index (κ2) is 8.70. The molecule has 0 saturated heterocycles. The van der Waals surface area contributed by atoms with Gasteiger partial charge in [0.2, 0.25) is 0 Å². The molecular weight excluding hydrogens is 325 g/mol. The fourth-order valence-electron chi connectivity index (χ4n) is 1.99. The van der Waals surface area contributed by atoms with Gasteiger partial charge in [0, 0.05) is 11.6 Å². The Balaban J connectivity index is 0.00000139. The summed E-state index contributed by atoms with van der Waals surface area (Å²) in [5, 5.41) is 22.6. The zero-order valence-corrected chi connectivity index (χ0v) is 13.7. The summed E-state index contributed by atoms with van der Waals surface area (Å²) >= 11 is 0. The van der Waals surface area contributed by atoms with E-state index in [2.05, 4.69) is 9.84 Å². The van der Waals surface area contributed by atoms with Crippen LogP contribution in [-0.4, -0.2) is 39.6 Å². The Morgan fingerprint density at radius 3 is 2.12 bits per heavy atom. The number of rotatable bonds is 5. The van der Waals surface area contributed by atoms with Crippen LogP contribution in [0.25, 0.3) is 5.69 Å². The van der Waals surface area contributed by atoms with E-state index in [1.807, 2.05) is 13.8 Å². The number of ether oxygens (including phenoxy) is 1. The first-order chi connectivity index (χ1) is 11.3. The maximum Gasteiger partial charge on any atom is 0.573 e. The van der Waals surface area contributed by atoms with E-state index in [9.17, 15) is 13.2 Å². The average Bonchev–Trinajstić information content (AvgIpc) is 2.91. The standard InChI is InChI=1S/C14H15F3N2O3.C2H6/c1-9-6-13(10(7-20)8-21)18-19(9)11-2-4-12(5-3-11)22-14(15,16)17;1-2/h2-6,10,20-21H,7-8H2,1H3;1-2H3. The molecule has 1 aromatic heterocycles.